The topological polar surface area (TPSA) is 61.4 Å². The molecule has 0 saturated carbocycles. The molecule has 5 heteroatoms. The highest BCUT2D eigenvalue weighted by molar-refractivity contribution is 5.83. The summed E-state index contributed by atoms with van der Waals surface area (Å²) in [5.74, 6) is 0.490. The number of hydrogen-bond acceptors (Lipinski definition) is 3. The summed E-state index contributed by atoms with van der Waals surface area (Å²) >= 11 is 0. The molecule has 5 nitrogen and oxygen atoms in total. The van der Waals surface area contributed by atoms with E-state index in [2.05, 4.69) is 17.6 Å². The van der Waals surface area contributed by atoms with Crippen LogP contribution in [0.4, 0.5) is 0 Å². The molecule has 20 heavy (non-hydrogen) atoms. The molecule has 1 atom stereocenters. The van der Waals surface area contributed by atoms with Crippen LogP contribution in [0.25, 0.3) is 0 Å². The Morgan fingerprint density at radius 3 is 2.60 bits per heavy atom. The number of amides is 2. The predicted molar refractivity (Wildman–Crippen MR) is 78.2 cm³/mol. The first kappa shape index (κ1) is 15.3. The van der Waals surface area contributed by atoms with Crippen LogP contribution in [0.15, 0.2) is 0 Å². The van der Waals surface area contributed by atoms with Crippen molar-refractivity contribution in [2.75, 3.05) is 26.2 Å². The van der Waals surface area contributed by atoms with E-state index >= 15 is 0 Å². The number of carbonyl (C=O) groups excluding carboxylic acids is 2. The summed E-state index contributed by atoms with van der Waals surface area (Å²) < 4.78 is 0. The van der Waals surface area contributed by atoms with Gasteiger partial charge in [0.2, 0.25) is 11.8 Å². The largest absolute Gasteiger partial charge is 0.356 e. The van der Waals surface area contributed by atoms with E-state index in [-0.39, 0.29) is 23.8 Å². The predicted octanol–water partition coefficient (Wildman–Crippen LogP) is 0.893. The van der Waals surface area contributed by atoms with E-state index in [9.17, 15) is 9.59 Å². The molecule has 2 aliphatic heterocycles. The number of nitrogens with zero attached hydrogens (tertiary/aromatic N) is 1. The highest BCUT2D eigenvalue weighted by Gasteiger charge is 2.31. The van der Waals surface area contributed by atoms with Gasteiger partial charge in [0.05, 0.1) is 6.04 Å². The van der Waals surface area contributed by atoms with E-state index in [1.807, 2.05) is 4.90 Å². The second-order valence-electron chi connectivity index (χ2n) is 5.89. The Morgan fingerprint density at radius 1 is 1.25 bits per heavy atom. The van der Waals surface area contributed by atoms with E-state index in [1.165, 1.54) is 0 Å². The molecule has 0 aromatic carbocycles. The van der Waals surface area contributed by atoms with Crippen molar-refractivity contribution in [1.82, 2.24) is 15.5 Å². The fourth-order valence-electron chi connectivity index (χ4n) is 3.01. The molecule has 0 bridgehead atoms. The molecule has 2 amide bonds. The monoisotopic (exact) mass is 281 g/mol. The quantitative estimate of drug-likeness (QED) is 0.736. The summed E-state index contributed by atoms with van der Waals surface area (Å²) in [5.41, 5.74) is 0. The Morgan fingerprint density at radius 2 is 2.00 bits per heavy atom. The van der Waals surface area contributed by atoms with E-state index < -0.39 is 0 Å². The Bertz CT molecular complexity index is 332. The lowest BCUT2D eigenvalue weighted by molar-refractivity contribution is -0.137. The van der Waals surface area contributed by atoms with Gasteiger partial charge in [-0.2, -0.15) is 0 Å². The van der Waals surface area contributed by atoms with Crippen molar-refractivity contribution in [2.45, 2.75) is 51.5 Å². The SMILES string of the molecule is CCCCNC(=O)C1CCN(C(=O)C2CCCN2)CC1. The number of likely N-dealkylation sites (tertiary alicyclic amines) is 1. The van der Waals surface area contributed by atoms with Crippen molar-refractivity contribution in [3.8, 4) is 0 Å². The second kappa shape index (κ2) is 7.62. The minimum atomic E-state index is 0.0185. The van der Waals surface area contributed by atoms with Gasteiger partial charge in [0.1, 0.15) is 0 Å². The van der Waals surface area contributed by atoms with Crippen LogP contribution in [-0.4, -0.2) is 48.9 Å². The van der Waals surface area contributed by atoms with Crippen molar-refractivity contribution in [3.05, 3.63) is 0 Å². The third-order valence-electron chi connectivity index (χ3n) is 4.37. The lowest BCUT2D eigenvalue weighted by Gasteiger charge is -2.33. The first-order chi connectivity index (χ1) is 9.72. The van der Waals surface area contributed by atoms with Crippen molar-refractivity contribution in [3.63, 3.8) is 0 Å². The minimum Gasteiger partial charge on any atom is -0.356 e. The highest BCUT2D eigenvalue weighted by atomic mass is 16.2. The van der Waals surface area contributed by atoms with Crippen LogP contribution < -0.4 is 10.6 Å². The average molecular weight is 281 g/mol. The maximum absolute atomic E-state index is 12.3. The molecule has 0 aliphatic carbocycles. The molecule has 2 N–H and O–H groups in total. The molecular formula is C15H27N3O2. The van der Waals surface area contributed by atoms with Crippen molar-refractivity contribution >= 4 is 11.8 Å². The Balaban J connectivity index is 1.71. The average Bonchev–Trinajstić information content (AvgIpc) is 3.01. The molecule has 0 aromatic rings. The molecule has 0 spiro atoms. The summed E-state index contributed by atoms with van der Waals surface area (Å²) in [6.07, 6.45) is 5.79. The maximum Gasteiger partial charge on any atom is 0.239 e. The van der Waals surface area contributed by atoms with E-state index in [0.717, 1.165) is 64.7 Å². The zero-order chi connectivity index (χ0) is 14.4. The molecule has 2 rings (SSSR count). The van der Waals surface area contributed by atoms with E-state index in [4.69, 9.17) is 0 Å². The number of rotatable bonds is 5. The normalized spacial score (nSPS) is 23.9. The summed E-state index contributed by atoms with van der Waals surface area (Å²) in [4.78, 5) is 26.2. The fourth-order valence-corrected chi connectivity index (χ4v) is 3.01. The molecule has 2 heterocycles. The van der Waals surface area contributed by atoms with Crippen LogP contribution in [0.1, 0.15) is 45.4 Å². The van der Waals surface area contributed by atoms with Crippen LogP contribution in [-0.2, 0) is 9.59 Å². The molecule has 0 aromatic heterocycles. The lowest BCUT2D eigenvalue weighted by Crippen LogP contribution is -2.48. The first-order valence-electron chi connectivity index (χ1n) is 8.02. The van der Waals surface area contributed by atoms with E-state index in [1.54, 1.807) is 0 Å². The van der Waals surface area contributed by atoms with Gasteiger partial charge in [-0.15, -0.1) is 0 Å². The maximum atomic E-state index is 12.3. The van der Waals surface area contributed by atoms with Gasteiger partial charge in [0.25, 0.3) is 0 Å². The van der Waals surface area contributed by atoms with Crippen LogP contribution in [0, 0.1) is 5.92 Å². The van der Waals surface area contributed by atoms with Gasteiger partial charge in [-0.3, -0.25) is 9.59 Å². The van der Waals surface area contributed by atoms with Crippen molar-refractivity contribution in [1.29, 1.82) is 0 Å². The molecule has 2 saturated heterocycles. The second-order valence-corrected chi connectivity index (χ2v) is 5.89. The van der Waals surface area contributed by atoms with Crippen LogP contribution in [0.2, 0.25) is 0 Å². The minimum absolute atomic E-state index is 0.0185. The number of carbonyl (C=O) groups is 2. The standard InChI is InChI=1S/C15H27N3O2/c1-2-3-8-17-14(19)12-6-10-18(11-7-12)15(20)13-5-4-9-16-13/h12-13,16H,2-11H2,1H3,(H,17,19). The number of unbranched alkanes of at least 4 members (excludes halogenated alkanes) is 1. The Labute approximate surface area is 121 Å². The van der Waals surface area contributed by atoms with Gasteiger partial charge in [-0.25, -0.2) is 0 Å². The van der Waals surface area contributed by atoms with Gasteiger partial charge in [0, 0.05) is 25.6 Å². The zero-order valence-electron chi connectivity index (χ0n) is 12.5. The molecule has 2 fully saturated rings. The number of piperidine rings is 1. The lowest BCUT2D eigenvalue weighted by atomic mass is 9.95. The molecule has 2 aliphatic rings. The molecule has 1 unspecified atom stereocenters. The summed E-state index contributed by atoms with van der Waals surface area (Å²) in [7, 11) is 0. The third kappa shape index (κ3) is 3.95. The third-order valence-corrected chi connectivity index (χ3v) is 4.37. The van der Waals surface area contributed by atoms with Crippen LogP contribution in [0.5, 0.6) is 0 Å². The molecule has 0 radical (unpaired) electrons. The van der Waals surface area contributed by atoms with Gasteiger partial charge < -0.3 is 15.5 Å². The van der Waals surface area contributed by atoms with Crippen LogP contribution in [0.3, 0.4) is 0 Å². The zero-order valence-corrected chi connectivity index (χ0v) is 12.5. The summed E-state index contributed by atoms with van der Waals surface area (Å²) in [6.45, 7) is 5.30. The van der Waals surface area contributed by atoms with Crippen molar-refractivity contribution < 1.29 is 9.59 Å². The Hall–Kier alpha value is -1.10. The summed E-state index contributed by atoms with van der Waals surface area (Å²) in [5, 5.41) is 6.25. The van der Waals surface area contributed by atoms with Crippen molar-refractivity contribution in [2.24, 2.45) is 5.92 Å². The molecular weight excluding hydrogens is 254 g/mol. The number of nitrogens with one attached hydrogen (secondary N) is 2. The first-order valence-corrected chi connectivity index (χ1v) is 8.02. The summed E-state index contributed by atoms with van der Waals surface area (Å²) in [6, 6.07) is 0.0185. The van der Waals surface area contributed by atoms with Gasteiger partial charge >= 0.3 is 0 Å². The smallest absolute Gasteiger partial charge is 0.239 e. The highest BCUT2D eigenvalue weighted by Crippen LogP contribution is 2.19. The number of hydrogen-bond donors (Lipinski definition) is 2. The Kier molecular flexibility index (Phi) is 5.83. The van der Waals surface area contributed by atoms with Gasteiger partial charge in [-0.05, 0) is 38.6 Å². The molecule has 114 valence electrons. The van der Waals surface area contributed by atoms with E-state index in [0.29, 0.717) is 0 Å². The van der Waals surface area contributed by atoms with Gasteiger partial charge in [0.15, 0.2) is 0 Å². The van der Waals surface area contributed by atoms with Crippen LogP contribution >= 0.6 is 0 Å². The van der Waals surface area contributed by atoms with Gasteiger partial charge in [-0.1, -0.05) is 13.3 Å². The fraction of sp³-hybridized carbons (Fsp3) is 0.867.